The first kappa shape index (κ1) is 15.3. The topological polar surface area (TPSA) is 54.3 Å². The summed E-state index contributed by atoms with van der Waals surface area (Å²) in [4.78, 5) is 12.1. The molecule has 1 aliphatic carbocycles. The van der Waals surface area contributed by atoms with E-state index in [0.29, 0.717) is 6.04 Å². The fourth-order valence-electron chi connectivity index (χ4n) is 3.12. The van der Waals surface area contributed by atoms with Gasteiger partial charge in [0.05, 0.1) is 0 Å². The summed E-state index contributed by atoms with van der Waals surface area (Å²) in [7, 11) is 0. The molecule has 1 atom stereocenters. The van der Waals surface area contributed by atoms with Gasteiger partial charge in [0.25, 0.3) is 5.56 Å². The van der Waals surface area contributed by atoms with E-state index in [1.54, 1.807) is 6.07 Å². The van der Waals surface area contributed by atoms with Crippen LogP contribution in [0.2, 0.25) is 0 Å². The molecule has 20 heavy (non-hydrogen) atoms. The molecule has 2 rings (SSSR count). The van der Waals surface area contributed by atoms with Gasteiger partial charge in [-0.2, -0.15) is 0 Å². The van der Waals surface area contributed by atoms with Gasteiger partial charge in [-0.1, -0.05) is 13.0 Å². The van der Waals surface area contributed by atoms with Crippen molar-refractivity contribution in [2.24, 2.45) is 0 Å². The summed E-state index contributed by atoms with van der Waals surface area (Å²) in [5.41, 5.74) is 2.64. The number of aromatic nitrogens is 1. The zero-order chi connectivity index (χ0) is 14.4. The number of unbranched alkanes of at least 4 members (excludes halogenated alkanes) is 2. The van der Waals surface area contributed by atoms with E-state index in [-0.39, 0.29) is 12.2 Å². The number of hydrogen-bond donors (Lipinski definition) is 2. The highest BCUT2D eigenvalue weighted by Crippen LogP contribution is 2.28. The summed E-state index contributed by atoms with van der Waals surface area (Å²) in [6.45, 7) is 4.10. The predicted molar refractivity (Wildman–Crippen MR) is 81.0 cm³/mol. The zero-order valence-electron chi connectivity index (χ0n) is 12.4. The molecule has 0 saturated heterocycles. The van der Waals surface area contributed by atoms with Gasteiger partial charge < -0.3 is 15.0 Å². The average molecular weight is 278 g/mol. The monoisotopic (exact) mass is 278 g/mol. The zero-order valence-corrected chi connectivity index (χ0v) is 12.4. The van der Waals surface area contributed by atoms with E-state index in [0.717, 1.165) is 51.6 Å². The third-order valence-electron chi connectivity index (χ3n) is 4.10. The van der Waals surface area contributed by atoms with Crippen molar-refractivity contribution in [3.8, 4) is 0 Å². The first-order valence-electron chi connectivity index (χ1n) is 7.84. The Morgan fingerprint density at radius 2 is 2.20 bits per heavy atom. The quantitative estimate of drug-likeness (QED) is 0.750. The van der Waals surface area contributed by atoms with Crippen molar-refractivity contribution in [2.45, 2.75) is 58.0 Å². The second-order valence-corrected chi connectivity index (χ2v) is 5.51. The van der Waals surface area contributed by atoms with E-state index in [9.17, 15) is 4.79 Å². The van der Waals surface area contributed by atoms with Crippen LogP contribution in [0, 0.1) is 0 Å². The minimum atomic E-state index is 0.116. The van der Waals surface area contributed by atoms with Gasteiger partial charge in [0.1, 0.15) is 0 Å². The predicted octanol–water partition coefficient (Wildman–Crippen LogP) is 2.00. The third-order valence-corrected chi connectivity index (χ3v) is 4.10. The first-order valence-corrected chi connectivity index (χ1v) is 7.84. The van der Waals surface area contributed by atoms with E-state index < -0.39 is 0 Å². The molecule has 0 bridgehead atoms. The maximum atomic E-state index is 12.1. The maximum absolute atomic E-state index is 12.1. The number of aliphatic hydroxyl groups is 1. The Morgan fingerprint density at radius 1 is 1.35 bits per heavy atom. The average Bonchev–Trinajstić information content (AvgIpc) is 2.46. The Bertz CT molecular complexity index is 482. The van der Waals surface area contributed by atoms with E-state index in [1.807, 2.05) is 10.6 Å². The van der Waals surface area contributed by atoms with E-state index in [2.05, 4.69) is 12.2 Å². The minimum Gasteiger partial charge on any atom is -0.396 e. The molecule has 2 N–H and O–H groups in total. The standard InChI is InChI=1S/C16H26N2O2/c1-2-17-14-7-6-8-15-13(14)9-10-16(20)18(15)11-4-3-5-12-19/h9-10,14,17,19H,2-8,11-12H2,1H3. The van der Waals surface area contributed by atoms with Crippen LogP contribution < -0.4 is 10.9 Å². The van der Waals surface area contributed by atoms with Crippen LogP contribution in [0.25, 0.3) is 0 Å². The van der Waals surface area contributed by atoms with Crippen LogP contribution in [-0.4, -0.2) is 22.8 Å². The van der Waals surface area contributed by atoms with Crippen molar-refractivity contribution in [2.75, 3.05) is 13.2 Å². The Kier molecular flexibility index (Phi) is 5.80. The summed E-state index contributed by atoms with van der Waals surface area (Å²) < 4.78 is 1.95. The Morgan fingerprint density at radius 3 is 2.95 bits per heavy atom. The molecule has 0 aliphatic heterocycles. The normalized spacial score (nSPS) is 18.0. The molecule has 0 radical (unpaired) electrons. The van der Waals surface area contributed by atoms with E-state index in [4.69, 9.17) is 5.11 Å². The van der Waals surface area contributed by atoms with E-state index in [1.165, 1.54) is 11.3 Å². The summed E-state index contributed by atoms with van der Waals surface area (Å²) in [6.07, 6.45) is 6.07. The van der Waals surface area contributed by atoms with Crippen LogP contribution in [0.1, 0.15) is 56.3 Å². The van der Waals surface area contributed by atoms with Gasteiger partial charge in [0.2, 0.25) is 0 Å². The molecule has 0 saturated carbocycles. The van der Waals surface area contributed by atoms with Crippen LogP contribution in [0.4, 0.5) is 0 Å². The van der Waals surface area contributed by atoms with Gasteiger partial charge in [-0.05, 0) is 50.6 Å². The first-order chi connectivity index (χ1) is 9.77. The molecular formula is C16H26N2O2. The lowest BCUT2D eigenvalue weighted by atomic mass is 9.90. The Balaban J connectivity index is 2.18. The van der Waals surface area contributed by atoms with Gasteiger partial charge in [-0.25, -0.2) is 0 Å². The second kappa shape index (κ2) is 7.60. The van der Waals surface area contributed by atoms with Crippen LogP contribution in [0.3, 0.4) is 0 Å². The van der Waals surface area contributed by atoms with Gasteiger partial charge in [-0.3, -0.25) is 4.79 Å². The molecular weight excluding hydrogens is 252 g/mol. The second-order valence-electron chi connectivity index (χ2n) is 5.51. The highest BCUT2D eigenvalue weighted by Gasteiger charge is 2.22. The molecule has 0 amide bonds. The molecule has 112 valence electrons. The number of rotatable bonds is 7. The molecule has 0 spiro atoms. The molecule has 0 aromatic carbocycles. The van der Waals surface area contributed by atoms with Crippen LogP contribution in [-0.2, 0) is 13.0 Å². The lowest BCUT2D eigenvalue weighted by Crippen LogP contribution is -2.31. The number of nitrogens with one attached hydrogen (secondary N) is 1. The van der Waals surface area contributed by atoms with Crippen LogP contribution >= 0.6 is 0 Å². The summed E-state index contributed by atoms with van der Waals surface area (Å²) in [5.74, 6) is 0. The fourth-order valence-corrected chi connectivity index (χ4v) is 3.12. The van der Waals surface area contributed by atoms with Crippen molar-refractivity contribution < 1.29 is 5.11 Å². The highest BCUT2D eigenvalue weighted by molar-refractivity contribution is 5.27. The minimum absolute atomic E-state index is 0.116. The van der Waals surface area contributed by atoms with Gasteiger partial charge >= 0.3 is 0 Å². The molecule has 1 aromatic heterocycles. The van der Waals surface area contributed by atoms with Gasteiger partial charge in [-0.15, -0.1) is 0 Å². The number of fused-ring (bicyclic) bond motifs is 1. The summed E-state index contributed by atoms with van der Waals surface area (Å²) in [6, 6.07) is 4.11. The van der Waals surface area contributed by atoms with Gasteiger partial charge in [0.15, 0.2) is 0 Å². The number of pyridine rings is 1. The largest absolute Gasteiger partial charge is 0.396 e. The molecule has 0 fully saturated rings. The molecule has 1 unspecified atom stereocenters. The Labute approximate surface area is 120 Å². The number of nitrogens with zero attached hydrogens (tertiary/aromatic N) is 1. The van der Waals surface area contributed by atoms with Gasteiger partial charge in [0, 0.05) is 31.0 Å². The molecule has 1 heterocycles. The van der Waals surface area contributed by atoms with Crippen molar-refractivity contribution in [3.63, 3.8) is 0 Å². The van der Waals surface area contributed by atoms with Crippen LogP contribution in [0.15, 0.2) is 16.9 Å². The Hall–Kier alpha value is -1.13. The smallest absolute Gasteiger partial charge is 0.250 e. The lowest BCUT2D eigenvalue weighted by Gasteiger charge is -2.28. The van der Waals surface area contributed by atoms with E-state index >= 15 is 0 Å². The molecule has 1 aliphatic rings. The van der Waals surface area contributed by atoms with Crippen molar-refractivity contribution in [3.05, 3.63) is 33.7 Å². The van der Waals surface area contributed by atoms with Crippen molar-refractivity contribution in [1.82, 2.24) is 9.88 Å². The summed E-state index contributed by atoms with van der Waals surface area (Å²) in [5, 5.41) is 12.3. The fraction of sp³-hybridized carbons (Fsp3) is 0.688. The van der Waals surface area contributed by atoms with Crippen LogP contribution in [0.5, 0.6) is 0 Å². The lowest BCUT2D eigenvalue weighted by molar-refractivity contribution is 0.281. The van der Waals surface area contributed by atoms with Crippen molar-refractivity contribution >= 4 is 0 Å². The molecule has 1 aromatic rings. The SMILES string of the molecule is CCNC1CCCc2c1ccc(=O)n2CCCCCO. The highest BCUT2D eigenvalue weighted by atomic mass is 16.2. The third kappa shape index (κ3) is 3.49. The molecule has 4 nitrogen and oxygen atoms in total. The molecule has 4 heteroatoms. The maximum Gasteiger partial charge on any atom is 0.250 e. The summed E-state index contributed by atoms with van der Waals surface area (Å²) >= 11 is 0. The number of hydrogen-bond acceptors (Lipinski definition) is 3. The van der Waals surface area contributed by atoms with Crippen molar-refractivity contribution in [1.29, 1.82) is 0 Å². The number of aliphatic hydroxyl groups excluding tert-OH is 1.